The maximum atomic E-state index is 12.3. The molecule has 0 aliphatic carbocycles. The highest BCUT2D eigenvalue weighted by molar-refractivity contribution is 5.92. The highest BCUT2D eigenvalue weighted by atomic mass is 16.1. The lowest BCUT2D eigenvalue weighted by molar-refractivity contribution is 0.0946. The second kappa shape index (κ2) is 7.37. The Balaban J connectivity index is 1.68. The van der Waals surface area contributed by atoms with Gasteiger partial charge in [0.05, 0.1) is 0 Å². The Kier molecular flexibility index (Phi) is 4.81. The van der Waals surface area contributed by atoms with E-state index in [-0.39, 0.29) is 5.91 Å². The van der Waals surface area contributed by atoms with Gasteiger partial charge in [0, 0.05) is 18.4 Å². The van der Waals surface area contributed by atoms with Gasteiger partial charge in [-0.1, -0.05) is 48.5 Å². The van der Waals surface area contributed by atoms with E-state index in [1.807, 2.05) is 61.5 Å². The van der Waals surface area contributed by atoms with Crippen molar-refractivity contribution in [2.24, 2.45) is 0 Å². The molecule has 1 amide bonds. The quantitative estimate of drug-likeness (QED) is 0.756. The largest absolute Gasteiger partial charge is 0.347 e. The first-order chi connectivity index (χ1) is 11.7. The second-order valence-corrected chi connectivity index (χ2v) is 5.37. The molecule has 5 heteroatoms. The molecule has 1 aromatic heterocycles. The number of nitrogens with one attached hydrogen (secondary N) is 2. The topological polar surface area (TPSA) is 66.9 Å². The Morgan fingerprint density at radius 3 is 2.54 bits per heavy atom. The van der Waals surface area contributed by atoms with E-state index >= 15 is 0 Å². The molecular weight excluding hydrogens is 300 g/mol. The number of carbonyl (C=O) groups excluding carboxylic acids is 1. The first-order valence-corrected chi connectivity index (χ1v) is 7.70. The summed E-state index contributed by atoms with van der Waals surface area (Å²) >= 11 is 0. The lowest BCUT2D eigenvalue weighted by Crippen LogP contribution is -2.24. The number of aromatic nitrogens is 2. The summed E-state index contributed by atoms with van der Waals surface area (Å²) in [5.41, 5.74) is 3.37. The monoisotopic (exact) mass is 318 g/mol. The van der Waals surface area contributed by atoms with Crippen LogP contribution < -0.4 is 10.6 Å². The van der Waals surface area contributed by atoms with Crippen LogP contribution in [0.1, 0.15) is 21.6 Å². The van der Waals surface area contributed by atoms with Crippen molar-refractivity contribution in [3.63, 3.8) is 0 Å². The minimum absolute atomic E-state index is 0.228. The highest BCUT2D eigenvalue weighted by Gasteiger charge is 2.09. The number of benzene rings is 2. The Labute approximate surface area is 140 Å². The van der Waals surface area contributed by atoms with Crippen LogP contribution in [0.3, 0.4) is 0 Å². The smallest absolute Gasteiger partial charge is 0.270 e. The molecule has 2 N–H and O–H groups in total. The summed E-state index contributed by atoms with van der Waals surface area (Å²) < 4.78 is 0. The molecule has 0 radical (unpaired) electrons. The number of carbonyl (C=O) groups is 1. The molecule has 0 bridgehead atoms. The van der Waals surface area contributed by atoms with Crippen LogP contribution in [0.4, 0.5) is 11.6 Å². The van der Waals surface area contributed by atoms with Gasteiger partial charge in [0.1, 0.15) is 5.69 Å². The third-order valence-electron chi connectivity index (χ3n) is 3.58. The summed E-state index contributed by atoms with van der Waals surface area (Å²) in [4.78, 5) is 20.7. The van der Waals surface area contributed by atoms with E-state index < -0.39 is 0 Å². The SMILES string of the molecule is Cc1ccccc1Nc1nccc(C(=O)NCc2ccccc2)n1. The van der Waals surface area contributed by atoms with Crippen molar-refractivity contribution in [3.05, 3.63) is 83.7 Å². The fraction of sp³-hybridized carbons (Fsp3) is 0.105. The molecule has 0 fully saturated rings. The van der Waals surface area contributed by atoms with Crippen molar-refractivity contribution in [1.82, 2.24) is 15.3 Å². The average molecular weight is 318 g/mol. The summed E-state index contributed by atoms with van der Waals surface area (Å²) in [6, 6.07) is 19.2. The molecule has 0 saturated carbocycles. The van der Waals surface area contributed by atoms with E-state index in [4.69, 9.17) is 0 Å². The number of hydrogen-bond donors (Lipinski definition) is 2. The van der Waals surface area contributed by atoms with E-state index in [0.717, 1.165) is 16.8 Å². The van der Waals surface area contributed by atoms with Crippen LogP contribution >= 0.6 is 0 Å². The lowest BCUT2D eigenvalue weighted by Gasteiger charge is -2.09. The van der Waals surface area contributed by atoms with E-state index in [1.165, 1.54) is 0 Å². The van der Waals surface area contributed by atoms with Crippen molar-refractivity contribution in [2.75, 3.05) is 5.32 Å². The fourth-order valence-electron chi connectivity index (χ4n) is 2.25. The summed E-state index contributed by atoms with van der Waals surface area (Å²) in [5, 5.41) is 6.00. The molecule has 120 valence electrons. The van der Waals surface area contributed by atoms with Crippen molar-refractivity contribution < 1.29 is 4.79 Å². The Bertz CT molecular complexity index is 834. The highest BCUT2D eigenvalue weighted by Crippen LogP contribution is 2.17. The molecule has 3 rings (SSSR count). The Hall–Kier alpha value is -3.21. The maximum Gasteiger partial charge on any atom is 0.270 e. The van der Waals surface area contributed by atoms with Gasteiger partial charge in [0.2, 0.25) is 5.95 Å². The number of anilines is 2. The standard InChI is InChI=1S/C19H18N4O/c1-14-7-5-6-10-16(14)22-19-20-12-11-17(23-19)18(24)21-13-15-8-3-2-4-9-15/h2-12H,13H2,1H3,(H,21,24)(H,20,22,23). The second-order valence-electron chi connectivity index (χ2n) is 5.37. The summed E-state index contributed by atoms with van der Waals surface area (Å²) in [6.07, 6.45) is 1.57. The molecular formula is C19H18N4O. The number of aryl methyl sites for hydroxylation is 1. The Morgan fingerprint density at radius 2 is 1.75 bits per heavy atom. The van der Waals surface area contributed by atoms with Gasteiger partial charge >= 0.3 is 0 Å². The van der Waals surface area contributed by atoms with E-state index in [2.05, 4.69) is 20.6 Å². The van der Waals surface area contributed by atoms with Crippen molar-refractivity contribution in [3.8, 4) is 0 Å². The third kappa shape index (κ3) is 3.95. The molecule has 5 nitrogen and oxygen atoms in total. The molecule has 2 aromatic carbocycles. The van der Waals surface area contributed by atoms with E-state index in [9.17, 15) is 4.79 Å². The zero-order valence-electron chi connectivity index (χ0n) is 13.4. The molecule has 0 unspecified atom stereocenters. The third-order valence-corrected chi connectivity index (χ3v) is 3.58. The van der Waals surface area contributed by atoms with Crippen molar-refractivity contribution >= 4 is 17.5 Å². The maximum absolute atomic E-state index is 12.3. The van der Waals surface area contributed by atoms with Gasteiger partial charge in [-0.15, -0.1) is 0 Å². The van der Waals surface area contributed by atoms with Crippen LogP contribution in [0.25, 0.3) is 0 Å². The zero-order chi connectivity index (χ0) is 16.8. The molecule has 0 aliphatic rings. The molecule has 0 saturated heterocycles. The average Bonchev–Trinajstić information content (AvgIpc) is 2.63. The van der Waals surface area contributed by atoms with Crippen LogP contribution in [0, 0.1) is 6.92 Å². The summed E-state index contributed by atoms with van der Waals surface area (Å²) in [7, 11) is 0. The van der Waals surface area contributed by atoms with Gasteiger partial charge < -0.3 is 10.6 Å². The predicted molar refractivity (Wildman–Crippen MR) is 94.1 cm³/mol. The molecule has 0 atom stereocenters. The van der Waals surface area contributed by atoms with Gasteiger partial charge in [-0.2, -0.15) is 0 Å². The molecule has 3 aromatic rings. The molecule has 0 spiro atoms. The fourth-order valence-corrected chi connectivity index (χ4v) is 2.25. The summed E-state index contributed by atoms with van der Waals surface area (Å²) in [5.74, 6) is 0.172. The number of nitrogens with zero attached hydrogens (tertiary/aromatic N) is 2. The molecule has 24 heavy (non-hydrogen) atoms. The normalized spacial score (nSPS) is 10.2. The van der Waals surface area contributed by atoms with Gasteiger partial charge in [-0.3, -0.25) is 4.79 Å². The number of rotatable bonds is 5. The van der Waals surface area contributed by atoms with Crippen LogP contribution in [0.15, 0.2) is 66.9 Å². The zero-order valence-corrected chi connectivity index (χ0v) is 13.4. The first-order valence-electron chi connectivity index (χ1n) is 7.70. The van der Waals surface area contributed by atoms with Crippen LogP contribution in [0.5, 0.6) is 0 Å². The van der Waals surface area contributed by atoms with E-state index in [0.29, 0.717) is 18.2 Å². The first kappa shape index (κ1) is 15.7. The predicted octanol–water partition coefficient (Wildman–Crippen LogP) is 3.46. The Morgan fingerprint density at radius 1 is 1.00 bits per heavy atom. The molecule has 0 aliphatic heterocycles. The molecule has 1 heterocycles. The van der Waals surface area contributed by atoms with E-state index in [1.54, 1.807) is 12.3 Å². The van der Waals surface area contributed by atoms with Crippen LogP contribution in [-0.2, 0) is 6.54 Å². The number of hydrogen-bond acceptors (Lipinski definition) is 4. The minimum atomic E-state index is -0.228. The van der Waals surface area contributed by atoms with Gasteiger partial charge in [-0.05, 0) is 30.2 Å². The number of para-hydroxylation sites is 1. The van der Waals surface area contributed by atoms with Crippen LogP contribution in [0.2, 0.25) is 0 Å². The van der Waals surface area contributed by atoms with Crippen LogP contribution in [-0.4, -0.2) is 15.9 Å². The minimum Gasteiger partial charge on any atom is -0.347 e. The van der Waals surface area contributed by atoms with Gasteiger partial charge in [0.25, 0.3) is 5.91 Å². The van der Waals surface area contributed by atoms with Crippen molar-refractivity contribution in [1.29, 1.82) is 0 Å². The summed E-state index contributed by atoms with van der Waals surface area (Å²) in [6.45, 7) is 2.46. The lowest BCUT2D eigenvalue weighted by atomic mass is 10.2. The van der Waals surface area contributed by atoms with Crippen molar-refractivity contribution in [2.45, 2.75) is 13.5 Å². The number of amides is 1. The van der Waals surface area contributed by atoms with Gasteiger partial charge in [-0.25, -0.2) is 9.97 Å². The van der Waals surface area contributed by atoms with Gasteiger partial charge in [0.15, 0.2) is 0 Å².